The smallest absolute Gasteiger partial charge is 0.416 e. The molecule has 0 amide bonds. The summed E-state index contributed by atoms with van der Waals surface area (Å²) in [7, 11) is 1.08. The third-order valence-electron chi connectivity index (χ3n) is 4.40. The second kappa shape index (κ2) is 7.89. The Bertz CT molecular complexity index is 815. The molecule has 27 heavy (non-hydrogen) atoms. The van der Waals surface area contributed by atoms with E-state index >= 15 is 0 Å². The van der Waals surface area contributed by atoms with Crippen LogP contribution in [-0.2, 0) is 15.7 Å². The lowest BCUT2D eigenvalue weighted by molar-refractivity contribution is -0.505. The second-order valence-corrected chi connectivity index (χ2v) is 6.15. The van der Waals surface area contributed by atoms with Gasteiger partial charge in [0.2, 0.25) is 0 Å². The summed E-state index contributed by atoms with van der Waals surface area (Å²) in [6.07, 6.45) is -3.88. The van der Waals surface area contributed by atoms with E-state index in [1.807, 2.05) is 6.92 Å². The average molecular weight is 384 g/mol. The van der Waals surface area contributed by atoms with E-state index in [4.69, 9.17) is 4.74 Å². The fourth-order valence-electron chi connectivity index (χ4n) is 3.33. The van der Waals surface area contributed by atoms with Gasteiger partial charge in [-0.15, -0.1) is 0 Å². The van der Waals surface area contributed by atoms with Gasteiger partial charge in [0.15, 0.2) is 0 Å². The molecule has 1 heterocycles. The van der Waals surface area contributed by atoms with Crippen LogP contribution in [0.25, 0.3) is 0 Å². The molecule has 2 atom stereocenters. The summed E-state index contributed by atoms with van der Waals surface area (Å²) in [5, 5.41) is 11.7. The molecule has 146 valence electrons. The Morgan fingerprint density at radius 3 is 2.48 bits per heavy atom. The van der Waals surface area contributed by atoms with Crippen molar-refractivity contribution in [1.29, 1.82) is 0 Å². The van der Waals surface area contributed by atoms with Crippen molar-refractivity contribution in [2.75, 3.05) is 7.11 Å². The second-order valence-electron chi connectivity index (χ2n) is 6.15. The number of esters is 1. The van der Waals surface area contributed by atoms with Crippen LogP contribution in [0.1, 0.15) is 43.7 Å². The van der Waals surface area contributed by atoms with Gasteiger partial charge in [-0.1, -0.05) is 31.5 Å². The molecule has 1 aliphatic rings. The molecule has 1 aromatic carbocycles. The molecule has 0 saturated carbocycles. The topological polar surface area (TPSA) is 81.8 Å². The number of ether oxygens (including phenoxy) is 1. The molecule has 0 aromatic heterocycles. The summed E-state index contributed by atoms with van der Waals surface area (Å²) in [6.45, 7) is 3.20. The number of rotatable bonds is 5. The van der Waals surface area contributed by atoms with Gasteiger partial charge in [-0.05, 0) is 25.0 Å². The fraction of sp³-hybridized carbons (Fsp3) is 0.444. The van der Waals surface area contributed by atoms with Crippen molar-refractivity contribution in [3.05, 3.63) is 56.8 Å². The minimum absolute atomic E-state index is 0.0538. The van der Waals surface area contributed by atoms with Gasteiger partial charge in [0.25, 0.3) is 6.04 Å². The van der Waals surface area contributed by atoms with Gasteiger partial charge in [-0.2, -0.15) is 13.2 Å². The first kappa shape index (κ1) is 20.6. The molecular weight excluding hydrogens is 365 g/mol. The average Bonchev–Trinajstić information content (AvgIpc) is 2.59. The van der Waals surface area contributed by atoms with E-state index in [0.717, 1.165) is 19.2 Å². The van der Waals surface area contributed by atoms with Gasteiger partial charge in [0, 0.05) is 4.92 Å². The summed E-state index contributed by atoms with van der Waals surface area (Å²) in [4.78, 5) is 27.6. The number of aliphatic imine (C=N–C) groups is 1. The van der Waals surface area contributed by atoms with Crippen molar-refractivity contribution >= 4 is 11.7 Å². The first-order valence-electron chi connectivity index (χ1n) is 8.29. The summed E-state index contributed by atoms with van der Waals surface area (Å²) in [5.41, 5.74) is -1.27. The first-order chi connectivity index (χ1) is 12.6. The molecule has 6 nitrogen and oxygen atoms in total. The Balaban J connectivity index is 2.84. The molecule has 0 fully saturated rings. The molecule has 0 aliphatic carbocycles. The van der Waals surface area contributed by atoms with E-state index in [9.17, 15) is 28.1 Å². The molecule has 1 aromatic rings. The number of carbonyl (C=O) groups excluding carboxylic acids is 1. The number of alkyl halides is 3. The molecule has 0 N–H and O–H groups in total. The highest BCUT2D eigenvalue weighted by molar-refractivity contribution is 5.98. The fourth-order valence-corrected chi connectivity index (χ4v) is 3.33. The van der Waals surface area contributed by atoms with Crippen LogP contribution in [0.3, 0.4) is 0 Å². The molecule has 1 aliphatic heterocycles. The standard InChI is InChI=1S/C18H19F3N2O4/c1-4-7-13-15(17(24)27-3)14(16(23(25)26)10(2)22-13)11-8-5-6-9-12(11)18(19,20)21/h5-6,8-9,14,16H,4,7H2,1-3H3. The zero-order chi connectivity index (χ0) is 20.4. The summed E-state index contributed by atoms with van der Waals surface area (Å²) in [5.74, 6) is -2.35. The third-order valence-corrected chi connectivity index (χ3v) is 4.40. The predicted molar refractivity (Wildman–Crippen MR) is 92.0 cm³/mol. The molecular formula is C18H19F3N2O4. The summed E-state index contributed by atoms with van der Waals surface area (Å²) in [6, 6.07) is 2.97. The van der Waals surface area contributed by atoms with Gasteiger partial charge >= 0.3 is 12.1 Å². The monoisotopic (exact) mass is 384 g/mol. The third kappa shape index (κ3) is 4.01. The zero-order valence-electron chi connectivity index (χ0n) is 15.0. The van der Waals surface area contributed by atoms with Crippen LogP contribution in [-0.4, -0.2) is 29.8 Å². The number of halogens is 3. The first-order valence-corrected chi connectivity index (χ1v) is 8.29. The number of hydrogen-bond acceptors (Lipinski definition) is 5. The van der Waals surface area contributed by atoms with E-state index in [1.165, 1.54) is 19.1 Å². The molecule has 2 unspecified atom stereocenters. The van der Waals surface area contributed by atoms with Crippen LogP contribution in [0, 0.1) is 10.1 Å². The maximum Gasteiger partial charge on any atom is 0.416 e. The van der Waals surface area contributed by atoms with Gasteiger partial charge < -0.3 is 4.74 Å². The van der Waals surface area contributed by atoms with Crippen LogP contribution in [0.4, 0.5) is 13.2 Å². The molecule has 0 spiro atoms. The van der Waals surface area contributed by atoms with Gasteiger partial charge in [0.05, 0.1) is 35.6 Å². The number of nitro groups is 1. The Morgan fingerprint density at radius 2 is 1.96 bits per heavy atom. The highest BCUT2D eigenvalue weighted by Crippen LogP contribution is 2.43. The number of benzene rings is 1. The quantitative estimate of drug-likeness (QED) is 0.434. The van der Waals surface area contributed by atoms with Crippen LogP contribution in [0.5, 0.6) is 0 Å². The number of nitrogens with zero attached hydrogens (tertiary/aromatic N) is 2. The van der Waals surface area contributed by atoms with E-state index in [-0.39, 0.29) is 29.0 Å². The van der Waals surface area contributed by atoms with Crippen molar-refractivity contribution in [3.63, 3.8) is 0 Å². The largest absolute Gasteiger partial charge is 0.466 e. The number of hydrogen-bond donors (Lipinski definition) is 0. The van der Waals surface area contributed by atoms with Gasteiger partial charge in [-0.3, -0.25) is 15.1 Å². The highest BCUT2D eigenvalue weighted by Gasteiger charge is 2.48. The summed E-state index contributed by atoms with van der Waals surface area (Å²) < 4.78 is 45.4. The Kier molecular flexibility index (Phi) is 6.02. The van der Waals surface area contributed by atoms with E-state index in [0.29, 0.717) is 6.42 Å². The van der Waals surface area contributed by atoms with E-state index in [1.54, 1.807) is 0 Å². The Hall–Kier alpha value is -2.71. The van der Waals surface area contributed by atoms with Crippen LogP contribution in [0.2, 0.25) is 0 Å². The van der Waals surface area contributed by atoms with E-state index in [2.05, 4.69) is 4.99 Å². The van der Waals surface area contributed by atoms with Gasteiger partial charge in [0.1, 0.15) is 0 Å². The van der Waals surface area contributed by atoms with Crippen molar-refractivity contribution in [2.45, 2.75) is 44.8 Å². The van der Waals surface area contributed by atoms with Crippen LogP contribution < -0.4 is 0 Å². The van der Waals surface area contributed by atoms with Crippen LogP contribution >= 0.6 is 0 Å². The molecule has 9 heteroatoms. The predicted octanol–water partition coefficient (Wildman–Crippen LogP) is 4.14. The number of carbonyl (C=O) groups is 1. The number of methoxy groups -OCH3 is 1. The maximum atomic E-state index is 13.6. The molecule has 0 saturated heterocycles. The number of allylic oxidation sites excluding steroid dienone is 1. The van der Waals surface area contributed by atoms with Crippen molar-refractivity contribution in [2.24, 2.45) is 4.99 Å². The normalized spacial score (nSPS) is 20.3. The zero-order valence-corrected chi connectivity index (χ0v) is 15.0. The maximum absolute atomic E-state index is 13.6. The lowest BCUT2D eigenvalue weighted by atomic mass is 9.77. The van der Waals surface area contributed by atoms with E-state index < -0.39 is 34.6 Å². The molecule has 0 bridgehead atoms. The van der Waals surface area contributed by atoms with Crippen LogP contribution in [0.15, 0.2) is 40.5 Å². The van der Waals surface area contributed by atoms with Crippen molar-refractivity contribution in [1.82, 2.24) is 0 Å². The SMILES string of the molecule is CCCC1=C(C(=O)OC)C(c2ccccc2C(F)(F)F)C([N+](=O)[O-])C(C)=N1. The Labute approximate surface area is 153 Å². The van der Waals surface area contributed by atoms with Crippen molar-refractivity contribution < 1.29 is 27.6 Å². The lowest BCUT2D eigenvalue weighted by Crippen LogP contribution is -2.40. The van der Waals surface area contributed by atoms with Gasteiger partial charge in [-0.25, -0.2) is 4.79 Å². The minimum Gasteiger partial charge on any atom is -0.466 e. The minimum atomic E-state index is -4.73. The molecule has 2 rings (SSSR count). The molecule has 0 radical (unpaired) electrons. The lowest BCUT2D eigenvalue weighted by Gasteiger charge is -2.29. The summed E-state index contributed by atoms with van der Waals surface area (Å²) >= 11 is 0. The Morgan fingerprint density at radius 1 is 1.33 bits per heavy atom. The highest BCUT2D eigenvalue weighted by atomic mass is 19.4. The van der Waals surface area contributed by atoms with Crippen molar-refractivity contribution in [3.8, 4) is 0 Å².